The third-order valence-corrected chi connectivity index (χ3v) is 0.495. The van der Waals surface area contributed by atoms with E-state index in [1.54, 1.807) is 0 Å². The van der Waals surface area contributed by atoms with Crippen LogP contribution in [0.4, 0.5) is 22.0 Å². The van der Waals surface area contributed by atoms with E-state index in [0.717, 1.165) is 0 Å². The smallest absolute Gasteiger partial charge is 0.220 e. The number of halogens is 6. The zero-order chi connectivity index (χ0) is 9.65. The molecule has 0 fully saturated rings. The van der Waals surface area contributed by atoms with E-state index in [1.807, 2.05) is 0 Å². The molecule has 0 aliphatic rings. The molecule has 11 heavy (non-hydrogen) atoms. The quantitative estimate of drug-likeness (QED) is 0.410. The number of hydrogen-bond donors (Lipinski definition) is 0. The van der Waals surface area contributed by atoms with Crippen molar-refractivity contribution in [1.82, 2.24) is 0 Å². The number of hydrogen-bond acceptors (Lipinski definition) is 0. The van der Waals surface area contributed by atoms with Crippen LogP contribution in [0, 0.1) is 0 Å². The van der Waals surface area contributed by atoms with Crippen molar-refractivity contribution in [1.29, 1.82) is 0 Å². The summed E-state index contributed by atoms with van der Waals surface area (Å²) in [4.78, 5) is 0. The summed E-state index contributed by atoms with van der Waals surface area (Å²) < 4.78 is 53.7. The van der Waals surface area contributed by atoms with E-state index in [2.05, 4.69) is 18.2 Å². The van der Waals surface area contributed by atoms with Crippen molar-refractivity contribution < 1.29 is 22.0 Å². The maximum absolute atomic E-state index is 10.8. The third-order valence-electron chi connectivity index (χ3n) is 0.247. The van der Waals surface area contributed by atoms with Crippen molar-refractivity contribution in [3.63, 3.8) is 0 Å². The topological polar surface area (TPSA) is 0 Å². The summed E-state index contributed by atoms with van der Waals surface area (Å²) >= 11 is 3.96. The minimum absolute atomic E-state index is 0.333. The van der Waals surface area contributed by atoms with Gasteiger partial charge < -0.3 is 0 Å². The molecule has 0 saturated heterocycles. The van der Waals surface area contributed by atoms with E-state index in [0.29, 0.717) is 0 Å². The van der Waals surface area contributed by atoms with E-state index in [1.165, 1.54) is 6.92 Å². The fourth-order valence-electron chi connectivity index (χ4n) is 0. The minimum atomic E-state index is -4.90. The first kappa shape index (κ1) is 13.3. The van der Waals surface area contributed by atoms with E-state index < -0.39 is 11.8 Å². The molecule has 0 nitrogen and oxygen atoms in total. The summed E-state index contributed by atoms with van der Waals surface area (Å²) in [6.07, 6.45) is -4.90. The van der Waals surface area contributed by atoms with Crippen LogP contribution >= 0.6 is 11.6 Å². The molecule has 0 aromatic carbocycles. The lowest BCUT2D eigenvalue weighted by Crippen LogP contribution is -2.17. The predicted molar refractivity (Wildman–Crippen MR) is 32.7 cm³/mol. The molecule has 0 amide bonds. The lowest BCUT2D eigenvalue weighted by Gasteiger charge is -2.01. The second-order valence-corrected chi connectivity index (χ2v) is 1.90. The van der Waals surface area contributed by atoms with Crippen LogP contribution in [0.25, 0.3) is 0 Å². The third kappa shape index (κ3) is 17.7. The molecule has 0 aliphatic heterocycles. The van der Waals surface area contributed by atoms with Gasteiger partial charge in [-0.15, -0.1) is 0 Å². The molecule has 6 heteroatoms. The Hall–Kier alpha value is -0.320. The Balaban J connectivity index is 0. The molecule has 1 unspecified atom stereocenters. The molecule has 0 radical (unpaired) electrons. The molecule has 0 rings (SSSR count). The van der Waals surface area contributed by atoms with Crippen molar-refractivity contribution in [3.8, 4) is 0 Å². The monoisotopic (exact) mass is 196 g/mol. The Morgan fingerprint density at radius 3 is 1.55 bits per heavy atom. The summed E-state index contributed by atoms with van der Waals surface area (Å²) in [5, 5.41) is 0. The fourth-order valence-corrected chi connectivity index (χ4v) is 0. The van der Waals surface area contributed by atoms with Crippen molar-refractivity contribution in [2.75, 3.05) is 0 Å². The predicted octanol–water partition coefficient (Wildman–Crippen LogP) is 3.57. The van der Waals surface area contributed by atoms with Gasteiger partial charge in [0.25, 0.3) is 5.63 Å². The highest BCUT2D eigenvalue weighted by Crippen LogP contribution is 2.24. The zero-order valence-corrected chi connectivity index (χ0v) is 6.31. The van der Waals surface area contributed by atoms with Gasteiger partial charge in [0.05, 0.1) is 5.83 Å². The van der Waals surface area contributed by atoms with Crippen LogP contribution in [0.1, 0.15) is 6.92 Å². The Morgan fingerprint density at radius 1 is 1.45 bits per heavy atom. The lowest BCUT2D eigenvalue weighted by atomic mass is 10.7. The highest BCUT2D eigenvalue weighted by atomic mass is 35.5. The first-order valence-electron chi connectivity index (χ1n) is 2.33. The number of rotatable bonds is 0. The van der Waals surface area contributed by atoms with E-state index in [-0.39, 0.29) is 5.83 Å². The van der Waals surface area contributed by atoms with Crippen molar-refractivity contribution in [2.45, 2.75) is 18.7 Å². The molecule has 68 valence electrons. The summed E-state index contributed by atoms with van der Waals surface area (Å²) in [5.74, 6) is -0.333. The van der Waals surface area contributed by atoms with Gasteiger partial charge in [-0.25, -0.2) is 8.78 Å². The minimum Gasteiger partial charge on any atom is -0.220 e. The van der Waals surface area contributed by atoms with E-state index >= 15 is 0 Å². The highest BCUT2D eigenvalue weighted by molar-refractivity contribution is 6.20. The van der Waals surface area contributed by atoms with Gasteiger partial charge in [0.1, 0.15) is 0 Å². The lowest BCUT2D eigenvalue weighted by molar-refractivity contribution is -0.156. The van der Waals surface area contributed by atoms with Crippen molar-refractivity contribution in [3.05, 3.63) is 12.4 Å². The normalized spacial score (nSPS) is 13.0. The van der Waals surface area contributed by atoms with Gasteiger partial charge in [-0.1, -0.05) is 18.2 Å². The second-order valence-electron chi connectivity index (χ2n) is 1.52. The van der Waals surface area contributed by atoms with Crippen LogP contribution in [-0.2, 0) is 0 Å². The average molecular weight is 197 g/mol. The molecule has 0 bridgehead atoms. The van der Waals surface area contributed by atoms with Crippen molar-refractivity contribution >= 4 is 11.6 Å². The Labute approximate surface area is 65.6 Å². The number of allylic oxidation sites excluding steroid dienone is 1. The van der Waals surface area contributed by atoms with E-state index in [4.69, 9.17) is 0 Å². The molecule has 0 saturated carbocycles. The van der Waals surface area contributed by atoms with Crippen LogP contribution in [0.3, 0.4) is 0 Å². The van der Waals surface area contributed by atoms with Gasteiger partial charge >= 0.3 is 6.18 Å². The second kappa shape index (κ2) is 5.35. The molecular weight excluding hydrogens is 190 g/mol. The number of alkyl halides is 5. The summed E-state index contributed by atoms with van der Waals surface area (Å²) in [6, 6.07) is 0. The van der Waals surface area contributed by atoms with Crippen LogP contribution in [0.5, 0.6) is 0 Å². The van der Waals surface area contributed by atoms with Gasteiger partial charge in [-0.2, -0.15) is 13.2 Å². The van der Waals surface area contributed by atoms with Gasteiger partial charge in [-0.3, -0.25) is 0 Å². The van der Waals surface area contributed by atoms with E-state index in [9.17, 15) is 22.0 Å². The van der Waals surface area contributed by atoms with Gasteiger partial charge in [0.2, 0.25) is 0 Å². The van der Waals surface area contributed by atoms with Gasteiger partial charge in [0.15, 0.2) is 0 Å². The fraction of sp³-hybridized carbons (Fsp3) is 0.600. The molecule has 0 N–H and O–H groups in total. The summed E-state index contributed by atoms with van der Waals surface area (Å²) in [6.45, 7) is 4.19. The molecular formula is C5H6ClF5. The Bertz CT molecular complexity index is 113. The first-order chi connectivity index (χ1) is 4.68. The van der Waals surface area contributed by atoms with Crippen LogP contribution in [0.15, 0.2) is 12.4 Å². The molecule has 0 spiro atoms. The largest absolute Gasteiger partial charge is 0.433 e. The van der Waals surface area contributed by atoms with Crippen LogP contribution < -0.4 is 0 Å². The Morgan fingerprint density at radius 2 is 1.55 bits per heavy atom. The molecule has 0 aromatic rings. The molecule has 0 aromatic heterocycles. The molecule has 0 heterocycles. The Kier molecular flexibility index (Phi) is 6.46. The highest BCUT2D eigenvalue weighted by Gasteiger charge is 2.38. The average Bonchev–Trinajstić information content (AvgIpc) is 1.59. The van der Waals surface area contributed by atoms with Crippen LogP contribution in [-0.4, -0.2) is 11.8 Å². The summed E-state index contributed by atoms with van der Waals surface area (Å²) in [7, 11) is 0. The maximum atomic E-state index is 10.8. The van der Waals surface area contributed by atoms with Crippen LogP contribution in [0.2, 0.25) is 0 Å². The molecule has 0 aliphatic carbocycles. The van der Waals surface area contributed by atoms with Gasteiger partial charge in [0, 0.05) is 0 Å². The maximum Gasteiger partial charge on any atom is 0.433 e. The first-order valence-corrected chi connectivity index (χ1v) is 2.77. The molecule has 1 atom stereocenters. The van der Waals surface area contributed by atoms with Gasteiger partial charge in [-0.05, 0) is 6.92 Å². The standard InChI is InChI=1S/C3H5F.C2HClF4/c1-3(2)4;3-1(4)2(5,6)7/h1H2,2H3;1H. The van der Waals surface area contributed by atoms with Crippen molar-refractivity contribution in [2.24, 2.45) is 0 Å². The SMILES string of the molecule is C=C(C)F.FC(Cl)C(F)(F)F. The zero-order valence-electron chi connectivity index (χ0n) is 5.55. The summed E-state index contributed by atoms with van der Waals surface area (Å²) in [5.41, 5.74) is -3.23.